The van der Waals surface area contributed by atoms with Crippen LogP contribution in [0.1, 0.15) is 33.8 Å². The van der Waals surface area contributed by atoms with Crippen LogP contribution >= 0.6 is 0 Å². The van der Waals surface area contributed by atoms with Crippen molar-refractivity contribution in [2.24, 2.45) is 0 Å². The van der Waals surface area contributed by atoms with Crippen LogP contribution in [-0.2, 0) is 23.9 Å². The molecule has 200 valence electrons. The lowest BCUT2D eigenvalue weighted by Crippen LogP contribution is -2.33. The monoisotopic (exact) mass is 534 g/mol. The molecular formula is C29H25F3N4O3. The van der Waals surface area contributed by atoms with E-state index in [0.29, 0.717) is 49.5 Å². The lowest BCUT2D eigenvalue weighted by atomic mass is 10.1. The van der Waals surface area contributed by atoms with Crippen molar-refractivity contribution in [3.05, 3.63) is 102 Å². The van der Waals surface area contributed by atoms with Crippen molar-refractivity contribution in [1.29, 1.82) is 0 Å². The van der Waals surface area contributed by atoms with E-state index >= 15 is 0 Å². The number of rotatable bonds is 7. The Morgan fingerprint density at radius 1 is 0.897 bits per heavy atom. The number of anilines is 1. The van der Waals surface area contributed by atoms with Crippen molar-refractivity contribution in [2.75, 3.05) is 24.5 Å². The summed E-state index contributed by atoms with van der Waals surface area (Å²) in [5.74, 6) is -1.25. The largest absolute Gasteiger partial charge is 0.437 e. The molecule has 0 bridgehead atoms. The Morgan fingerprint density at radius 3 is 2.28 bits per heavy atom. The highest BCUT2D eigenvalue weighted by atomic mass is 19.4. The van der Waals surface area contributed by atoms with Gasteiger partial charge in [-0.25, -0.2) is 9.97 Å². The molecule has 4 aromatic rings. The Labute approximate surface area is 222 Å². The molecule has 7 nitrogen and oxygen atoms in total. The maximum absolute atomic E-state index is 13.6. The highest BCUT2D eigenvalue weighted by Gasteiger charge is 2.41. The number of oxazole rings is 1. The maximum Gasteiger partial charge on any atom is 0.437 e. The second-order valence-electron chi connectivity index (χ2n) is 9.22. The third-order valence-electron chi connectivity index (χ3n) is 6.47. The topological polar surface area (TPSA) is 79.5 Å². The lowest BCUT2D eigenvalue weighted by molar-refractivity contribution is -0.141. The molecule has 10 heteroatoms. The van der Waals surface area contributed by atoms with Gasteiger partial charge in [0, 0.05) is 50.8 Å². The van der Waals surface area contributed by atoms with Crippen LogP contribution in [0.5, 0.6) is 0 Å². The van der Waals surface area contributed by atoms with E-state index in [0.717, 1.165) is 5.56 Å². The lowest BCUT2D eigenvalue weighted by Gasteiger charge is -2.23. The van der Waals surface area contributed by atoms with Crippen LogP contribution in [-0.4, -0.2) is 46.2 Å². The number of benzene rings is 2. The molecule has 0 spiro atoms. The quantitative estimate of drug-likeness (QED) is 0.295. The third-order valence-corrected chi connectivity index (χ3v) is 6.47. The van der Waals surface area contributed by atoms with E-state index in [1.54, 1.807) is 42.5 Å². The fraction of sp³-hybridized carbons (Fsp3) is 0.241. The Hall–Kier alpha value is -4.47. The van der Waals surface area contributed by atoms with E-state index < -0.39 is 23.4 Å². The molecule has 1 aliphatic heterocycles. The van der Waals surface area contributed by atoms with Crippen LogP contribution in [0, 0.1) is 0 Å². The number of aromatic nitrogens is 2. The number of hydrogen-bond acceptors (Lipinski definition) is 6. The molecule has 1 amide bonds. The Kier molecular flexibility index (Phi) is 7.44. The predicted molar refractivity (Wildman–Crippen MR) is 138 cm³/mol. The van der Waals surface area contributed by atoms with E-state index in [-0.39, 0.29) is 18.2 Å². The number of carbonyl (C=O) groups is 2. The Morgan fingerprint density at radius 2 is 1.62 bits per heavy atom. The summed E-state index contributed by atoms with van der Waals surface area (Å²) in [6.07, 6.45) is -3.38. The van der Waals surface area contributed by atoms with Crippen molar-refractivity contribution in [1.82, 2.24) is 14.9 Å². The van der Waals surface area contributed by atoms with Crippen LogP contribution < -0.4 is 4.90 Å². The second-order valence-corrected chi connectivity index (χ2v) is 9.22. The van der Waals surface area contributed by atoms with Gasteiger partial charge in [-0.1, -0.05) is 54.6 Å². The van der Waals surface area contributed by atoms with Crippen molar-refractivity contribution in [3.63, 3.8) is 0 Å². The van der Waals surface area contributed by atoms with Crippen LogP contribution in [0.3, 0.4) is 0 Å². The van der Waals surface area contributed by atoms with Gasteiger partial charge in [0.2, 0.25) is 23.3 Å². The fourth-order valence-electron chi connectivity index (χ4n) is 4.45. The van der Waals surface area contributed by atoms with Crippen molar-refractivity contribution < 1.29 is 27.2 Å². The maximum atomic E-state index is 13.6. The predicted octanol–water partition coefficient (Wildman–Crippen LogP) is 5.42. The number of carbonyl (C=O) groups excluding carboxylic acids is 2. The smallest absolute Gasteiger partial charge is 0.432 e. The van der Waals surface area contributed by atoms with Gasteiger partial charge in [-0.15, -0.1) is 0 Å². The van der Waals surface area contributed by atoms with Crippen LogP contribution in [0.4, 0.5) is 19.0 Å². The molecule has 0 aliphatic carbocycles. The number of amides is 1. The number of halogens is 3. The molecule has 0 radical (unpaired) electrons. The zero-order valence-corrected chi connectivity index (χ0v) is 20.9. The van der Waals surface area contributed by atoms with Gasteiger partial charge in [-0.2, -0.15) is 13.2 Å². The molecule has 5 rings (SSSR count). The van der Waals surface area contributed by atoms with Crippen molar-refractivity contribution in [3.8, 4) is 11.5 Å². The van der Waals surface area contributed by atoms with E-state index in [1.807, 2.05) is 40.1 Å². The number of alkyl halides is 3. The molecule has 0 unspecified atom stereocenters. The average molecular weight is 535 g/mol. The third kappa shape index (κ3) is 6.17. The standard InChI is InChI=1S/C29H25F3N4O3/c30-29(31,32)27-26(39-28(34-27)22-9-5-2-6-10-22)23(37)17-21-11-12-24(33-18-21)35-14-13-25(38)36(16-15-35)19-20-7-3-1-4-8-20/h1-12,18H,13-17,19H2. The van der Waals surface area contributed by atoms with Gasteiger partial charge in [0.1, 0.15) is 5.82 Å². The van der Waals surface area contributed by atoms with E-state index in [1.165, 1.54) is 6.20 Å². The molecule has 0 saturated carbocycles. The summed E-state index contributed by atoms with van der Waals surface area (Å²) in [5, 5.41) is 0. The Balaban J connectivity index is 1.27. The number of nitrogens with zero attached hydrogens (tertiary/aromatic N) is 4. The zero-order valence-electron chi connectivity index (χ0n) is 20.9. The summed E-state index contributed by atoms with van der Waals surface area (Å²) in [6.45, 7) is 2.14. The second kappa shape index (κ2) is 11.1. The molecule has 39 heavy (non-hydrogen) atoms. The molecule has 3 heterocycles. The minimum Gasteiger partial charge on any atom is -0.432 e. The molecule has 1 fully saturated rings. The first-order valence-electron chi connectivity index (χ1n) is 12.5. The van der Waals surface area contributed by atoms with Gasteiger partial charge in [-0.3, -0.25) is 9.59 Å². The molecule has 1 aliphatic rings. The average Bonchev–Trinajstić information content (AvgIpc) is 3.33. The highest BCUT2D eigenvalue weighted by Crippen LogP contribution is 2.35. The first-order chi connectivity index (χ1) is 18.8. The highest BCUT2D eigenvalue weighted by molar-refractivity contribution is 5.96. The zero-order chi connectivity index (χ0) is 27.4. The van der Waals surface area contributed by atoms with Gasteiger partial charge in [0.05, 0.1) is 0 Å². The van der Waals surface area contributed by atoms with Gasteiger partial charge in [0.25, 0.3) is 0 Å². The summed E-state index contributed by atoms with van der Waals surface area (Å²) in [7, 11) is 0. The number of Topliss-reactive ketones (excluding diaryl/α,β-unsaturated/α-hetero) is 1. The summed E-state index contributed by atoms with van der Waals surface area (Å²) in [5.41, 5.74) is 0.491. The fourth-order valence-corrected chi connectivity index (χ4v) is 4.45. The van der Waals surface area contributed by atoms with Crippen molar-refractivity contribution >= 4 is 17.5 Å². The van der Waals surface area contributed by atoms with E-state index in [9.17, 15) is 22.8 Å². The minimum atomic E-state index is -4.85. The van der Waals surface area contributed by atoms with Gasteiger partial charge >= 0.3 is 6.18 Å². The Bertz CT molecular complexity index is 1440. The molecule has 1 saturated heterocycles. The first kappa shape index (κ1) is 26.1. The summed E-state index contributed by atoms with van der Waals surface area (Å²) >= 11 is 0. The van der Waals surface area contributed by atoms with E-state index in [4.69, 9.17) is 4.42 Å². The van der Waals surface area contributed by atoms with Crippen LogP contribution in [0.25, 0.3) is 11.5 Å². The first-order valence-corrected chi connectivity index (χ1v) is 12.5. The minimum absolute atomic E-state index is 0.0611. The van der Waals surface area contributed by atoms with Crippen LogP contribution in [0.15, 0.2) is 83.4 Å². The van der Waals surface area contributed by atoms with Crippen molar-refractivity contribution in [2.45, 2.75) is 25.6 Å². The van der Waals surface area contributed by atoms with Gasteiger partial charge in [-0.05, 0) is 29.3 Å². The molecular weight excluding hydrogens is 509 g/mol. The number of ketones is 1. The summed E-state index contributed by atoms with van der Waals surface area (Å²) in [4.78, 5) is 37.3. The number of hydrogen-bond donors (Lipinski definition) is 0. The van der Waals surface area contributed by atoms with Gasteiger partial charge < -0.3 is 14.2 Å². The van der Waals surface area contributed by atoms with Gasteiger partial charge in [0.15, 0.2) is 5.69 Å². The SMILES string of the molecule is O=C(Cc1ccc(N2CCC(=O)N(Cc3ccccc3)CC2)nc1)c1oc(-c2ccccc2)nc1C(F)(F)F. The normalized spacial score (nSPS) is 14.4. The van der Waals surface area contributed by atoms with Crippen LogP contribution in [0.2, 0.25) is 0 Å². The summed E-state index contributed by atoms with van der Waals surface area (Å²) < 4.78 is 46.2. The molecule has 2 aromatic heterocycles. The summed E-state index contributed by atoms with van der Waals surface area (Å²) in [6, 6.07) is 21.2. The molecule has 2 aromatic carbocycles. The number of pyridine rings is 1. The molecule has 0 atom stereocenters. The molecule has 0 N–H and O–H groups in total. The van der Waals surface area contributed by atoms with E-state index in [2.05, 4.69) is 9.97 Å².